The Kier molecular flexibility index (Phi) is 8.55. The summed E-state index contributed by atoms with van der Waals surface area (Å²) in [6.07, 6.45) is 5.98. The third kappa shape index (κ3) is 7.02. The minimum absolute atomic E-state index is 0.222. The number of unbranched alkanes of at least 4 members (excludes halogenated alkanes) is 1. The van der Waals surface area contributed by atoms with Gasteiger partial charge in [0, 0.05) is 18.3 Å². The fourth-order valence-electron chi connectivity index (χ4n) is 2.04. The smallest absolute Gasteiger partial charge is 0.243 e. The Hall–Kier alpha value is -2.26. The summed E-state index contributed by atoms with van der Waals surface area (Å²) in [4.78, 5) is 41.7. The number of nitrogens with one attached hydrogen (secondary N) is 3. The van der Waals surface area contributed by atoms with Gasteiger partial charge in [-0.3, -0.25) is 9.59 Å². The van der Waals surface area contributed by atoms with E-state index >= 15 is 0 Å². The number of nitrogens with zero attached hydrogens (tertiary/aromatic N) is 1. The van der Waals surface area contributed by atoms with Crippen LogP contribution in [0.15, 0.2) is 12.5 Å². The highest BCUT2D eigenvalue weighted by molar-refractivity contribution is 5.89. The van der Waals surface area contributed by atoms with Gasteiger partial charge >= 0.3 is 0 Å². The van der Waals surface area contributed by atoms with Crippen LogP contribution in [0.3, 0.4) is 0 Å². The SMILES string of the molecule is NCCCCC(C=O)NC(=O)C(Cc1cnc[nH]1)NC(=O)CN. The fourth-order valence-corrected chi connectivity index (χ4v) is 2.04. The number of nitrogens with two attached hydrogens (primary N) is 2. The standard InChI is InChI=1S/C14H24N6O3/c15-4-2-1-3-10(8-21)19-14(23)12(20-13(22)6-16)5-11-7-17-9-18-11/h7-10,12H,1-6,15-16H2,(H,17,18)(H,19,23)(H,20,22). The molecule has 1 aromatic heterocycles. The maximum atomic E-state index is 12.3. The average Bonchev–Trinajstić information content (AvgIpc) is 3.06. The third-order valence-electron chi connectivity index (χ3n) is 3.28. The number of aldehydes is 1. The van der Waals surface area contributed by atoms with Crippen LogP contribution >= 0.6 is 0 Å². The van der Waals surface area contributed by atoms with Gasteiger partial charge in [0.1, 0.15) is 12.3 Å². The molecule has 0 aliphatic carbocycles. The van der Waals surface area contributed by atoms with E-state index in [4.69, 9.17) is 11.5 Å². The van der Waals surface area contributed by atoms with Crippen molar-refractivity contribution in [3.63, 3.8) is 0 Å². The molecule has 9 nitrogen and oxygen atoms in total. The molecule has 7 N–H and O–H groups in total. The second-order valence-electron chi connectivity index (χ2n) is 5.14. The first-order valence-corrected chi connectivity index (χ1v) is 7.53. The number of rotatable bonds is 11. The molecule has 0 saturated carbocycles. The molecule has 0 fully saturated rings. The van der Waals surface area contributed by atoms with Crippen molar-refractivity contribution in [3.8, 4) is 0 Å². The number of hydrogen-bond acceptors (Lipinski definition) is 6. The van der Waals surface area contributed by atoms with E-state index in [1.165, 1.54) is 6.33 Å². The lowest BCUT2D eigenvalue weighted by Crippen LogP contribution is -2.52. The molecule has 0 radical (unpaired) electrons. The maximum Gasteiger partial charge on any atom is 0.243 e. The van der Waals surface area contributed by atoms with E-state index in [1.54, 1.807) is 6.20 Å². The van der Waals surface area contributed by atoms with Crippen LogP contribution in [0.25, 0.3) is 0 Å². The Morgan fingerprint density at radius 2 is 2.09 bits per heavy atom. The van der Waals surface area contributed by atoms with Gasteiger partial charge in [-0.2, -0.15) is 0 Å². The predicted octanol–water partition coefficient (Wildman–Crippen LogP) is -1.79. The second kappa shape index (κ2) is 10.5. The van der Waals surface area contributed by atoms with Crippen LogP contribution in [-0.4, -0.2) is 53.2 Å². The lowest BCUT2D eigenvalue weighted by atomic mass is 10.1. The molecule has 9 heteroatoms. The number of carbonyl (C=O) groups is 3. The van der Waals surface area contributed by atoms with Gasteiger partial charge in [0.05, 0.1) is 18.9 Å². The monoisotopic (exact) mass is 324 g/mol. The lowest BCUT2D eigenvalue weighted by molar-refractivity contribution is -0.129. The highest BCUT2D eigenvalue weighted by Gasteiger charge is 2.23. The number of imidazole rings is 1. The highest BCUT2D eigenvalue weighted by atomic mass is 16.2. The van der Waals surface area contributed by atoms with Crippen molar-refractivity contribution in [1.82, 2.24) is 20.6 Å². The third-order valence-corrected chi connectivity index (χ3v) is 3.28. The molecule has 128 valence electrons. The summed E-state index contributed by atoms with van der Waals surface area (Å²) in [7, 11) is 0. The van der Waals surface area contributed by atoms with Crippen LogP contribution in [-0.2, 0) is 20.8 Å². The molecule has 2 unspecified atom stereocenters. The van der Waals surface area contributed by atoms with Crippen molar-refractivity contribution in [2.24, 2.45) is 11.5 Å². The molecule has 0 aromatic carbocycles. The quantitative estimate of drug-likeness (QED) is 0.239. The number of amides is 2. The summed E-state index contributed by atoms with van der Waals surface area (Å²) >= 11 is 0. The van der Waals surface area contributed by atoms with Crippen molar-refractivity contribution in [2.75, 3.05) is 13.1 Å². The number of H-pyrrole nitrogens is 1. The van der Waals surface area contributed by atoms with Gasteiger partial charge in [0.2, 0.25) is 11.8 Å². The first-order chi connectivity index (χ1) is 11.1. The lowest BCUT2D eigenvalue weighted by Gasteiger charge is -2.20. The normalized spacial score (nSPS) is 13.1. The largest absolute Gasteiger partial charge is 0.348 e. The van der Waals surface area contributed by atoms with E-state index in [-0.39, 0.29) is 13.0 Å². The van der Waals surface area contributed by atoms with Gasteiger partial charge < -0.3 is 31.9 Å². The van der Waals surface area contributed by atoms with Gasteiger partial charge in [-0.1, -0.05) is 0 Å². The molecule has 1 aromatic rings. The van der Waals surface area contributed by atoms with Gasteiger partial charge in [-0.15, -0.1) is 0 Å². The zero-order valence-corrected chi connectivity index (χ0v) is 13.0. The molecule has 1 rings (SSSR count). The molecular formula is C14H24N6O3. The topological polar surface area (TPSA) is 156 Å². The van der Waals surface area contributed by atoms with Crippen molar-refractivity contribution in [3.05, 3.63) is 18.2 Å². The van der Waals surface area contributed by atoms with Gasteiger partial charge in [-0.05, 0) is 25.8 Å². The maximum absolute atomic E-state index is 12.3. The number of carbonyl (C=O) groups excluding carboxylic acids is 3. The summed E-state index contributed by atoms with van der Waals surface area (Å²) in [6.45, 7) is 0.314. The molecule has 1 heterocycles. The minimum atomic E-state index is -0.830. The van der Waals surface area contributed by atoms with Crippen molar-refractivity contribution >= 4 is 18.1 Å². The van der Waals surface area contributed by atoms with Gasteiger partial charge in [0.25, 0.3) is 0 Å². The van der Waals surface area contributed by atoms with E-state index in [9.17, 15) is 14.4 Å². The Balaban J connectivity index is 2.65. The van der Waals surface area contributed by atoms with Gasteiger partial charge in [-0.25, -0.2) is 4.98 Å². The molecule has 0 aliphatic rings. The van der Waals surface area contributed by atoms with Crippen LogP contribution < -0.4 is 22.1 Å². The first kappa shape index (κ1) is 18.8. The zero-order chi connectivity index (χ0) is 17.1. The zero-order valence-electron chi connectivity index (χ0n) is 13.0. The molecule has 0 saturated heterocycles. The Morgan fingerprint density at radius 3 is 2.65 bits per heavy atom. The molecule has 2 atom stereocenters. The molecule has 2 amide bonds. The Labute approximate surface area is 134 Å². The minimum Gasteiger partial charge on any atom is -0.348 e. The van der Waals surface area contributed by atoms with E-state index in [0.717, 1.165) is 12.8 Å². The second-order valence-corrected chi connectivity index (χ2v) is 5.14. The summed E-state index contributed by atoms with van der Waals surface area (Å²) in [5.41, 5.74) is 11.4. The van der Waals surface area contributed by atoms with Crippen molar-refractivity contribution in [2.45, 2.75) is 37.8 Å². The van der Waals surface area contributed by atoms with E-state index < -0.39 is 23.9 Å². The molecular weight excluding hydrogens is 300 g/mol. The molecule has 0 aliphatic heterocycles. The van der Waals surface area contributed by atoms with Crippen molar-refractivity contribution < 1.29 is 14.4 Å². The molecule has 0 spiro atoms. The highest BCUT2D eigenvalue weighted by Crippen LogP contribution is 2.02. The van der Waals surface area contributed by atoms with E-state index in [0.29, 0.717) is 24.9 Å². The van der Waals surface area contributed by atoms with Crippen LogP contribution in [0.1, 0.15) is 25.0 Å². The van der Waals surface area contributed by atoms with Crippen LogP contribution in [0.4, 0.5) is 0 Å². The summed E-state index contributed by atoms with van der Waals surface area (Å²) in [5.74, 6) is -0.887. The number of aromatic nitrogens is 2. The van der Waals surface area contributed by atoms with E-state index in [1.807, 2.05) is 0 Å². The summed E-state index contributed by atoms with van der Waals surface area (Å²) in [6, 6.07) is -1.43. The number of hydrogen-bond donors (Lipinski definition) is 5. The fraction of sp³-hybridized carbons (Fsp3) is 0.571. The van der Waals surface area contributed by atoms with E-state index in [2.05, 4.69) is 20.6 Å². The predicted molar refractivity (Wildman–Crippen MR) is 84.2 cm³/mol. The van der Waals surface area contributed by atoms with Crippen LogP contribution in [0, 0.1) is 0 Å². The van der Waals surface area contributed by atoms with Crippen LogP contribution in [0.5, 0.6) is 0 Å². The average molecular weight is 324 g/mol. The van der Waals surface area contributed by atoms with Gasteiger partial charge in [0.15, 0.2) is 0 Å². The summed E-state index contributed by atoms with van der Waals surface area (Å²) < 4.78 is 0. The molecule has 0 bridgehead atoms. The molecule has 23 heavy (non-hydrogen) atoms. The summed E-state index contributed by atoms with van der Waals surface area (Å²) in [5, 5.41) is 5.17. The van der Waals surface area contributed by atoms with Crippen LogP contribution in [0.2, 0.25) is 0 Å². The van der Waals surface area contributed by atoms with Crippen molar-refractivity contribution in [1.29, 1.82) is 0 Å². The Morgan fingerprint density at radius 1 is 1.30 bits per heavy atom. The Bertz CT molecular complexity index is 491. The number of aromatic amines is 1. The first-order valence-electron chi connectivity index (χ1n) is 7.53.